The highest BCUT2D eigenvalue weighted by Gasteiger charge is 2.22. The lowest BCUT2D eigenvalue weighted by molar-refractivity contribution is 0.0989. The van der Waals surface area contributed by atoms with E-state index in [0.717, 1.165) is 5.56 Å². The number of hydrogen-bond acceptors (Lipinski definition) is 3. The second-order valence-corrected chi connectivity index (χ2v) is 7.27. The molecule has 118 valence electrons. The van der Waals surface area contributed by atoms with Gasteiger partial charge in [0, 0.05) is 23.6 Å². The summed E-state index contributed by atoms with van der Waals surface area (Å²) in [5.74, 6) is -0.0703. The SMILES string of the molecule is CCC(=O)c1cn(S(=O)(=O)c2ccc(C)cc2)c2ccccc12. The largest absolute Gasteiger partial charge is 0.294 e. The third-order valence-corrected chi connectivity index (χ3v) is 5.57. The Balaban J connectivity index is 2.27. The Labute approximate surface area is 135 Å². The number of aromatic nitrogens is 1. The summed E-state index contributed by atoms with van der Waals surface area (Å²) in [5, 5.41) is 0.662. The number of fused-ring (bicyclic) bond motifs is 1. The molecule has 5 heteroatoms. The maximum Gasteiger partial charge on any atom is 0.268 e. The van der Waals surface area contributed by atoms with Crippen LogP contribution in [0, 0.1) is 6.92 Å². The average Bonchev–Trinajstić information content (AvgIpc) is 2.95. The number of nitrogens with zero attached hydrogens (tertiary/aromatic N) is 1. The van der Waals surface area contributed by atoms with Crippen molar-refractivity contribution in [3.63, 3.8) is 0 Å². The van der Waals surface area contributed by atoms with Crippen molar-refractivity contribution < 1.29 is 13.2 Å². The minimum Gasteiger partial charge on any atom is -0.294 e. The predicted molar refractivity (Wildman–Crippen MR) is 90.3 cm³/mol. The van der Waals surface area contributed by atoms with Crippen LogP contribution in [0.2, 0.25) is 0 Å². The Hall–Kier alpha value is -2.40. The van der Waals surface area contributed by atoms with E-state index in [4.69, 9.17) is 0 Å². The van der Waals surface area contributed by atoms with E-state index in [9.17, 15) is 13.2 Å². The third kappa shape index (κ3) is 2.57. The summed E-state index contributed by atoms with van der Waals surface area (Å²) in [7, 11) is -3.74. The first kappa shape index (κ1) is 15.5. The van der Waals surface area contributed by atoms with E-state index in [1.807, 2.05) is 6.92 Å². The number of benzene rings is 2. The minimum atomic E-state index is -3.74. The molecular weight excluding hydrogens is 310 g/mol. The van der Waals surface area contributed by atoms with Gasteiger partial charge in [0.2, 0.25) is 0 Å². The average molecular weight is 327 g/mol. The lowest BCUT2D eigenvalue weighted by Gasteiger charge is -2.07. The molecule has 0 aliphatic heterocycles. The standard InChI is InChI=1S/C18H17NO3S/c1-3-18(20)16-12-19(17-7-5-4-6-15(16)17)23(21,22)14-10-8-13(2)9-11-14/h4-12H,3H2,1-2H3. The van der Waals surface area contributed by atoms with E-state index in [-0.39, 0.29) is 10.7 Å². The van der Waals surface area contributed by atoms with E-state index < -0.39 is 10.0 Å². The summed E-state index contributed by atoms with van der Waals surface area (Å²) >= 11 is 0. The van der Waals surface area contributed by atoms with Gasteiger partial charge in [-0.25, -0.2) is 12.4 Å². The summed E-state index contributed by atoms with van der Waals surface area (Å²) in [6, 6.07) is 13.8. The van der Waals surface area contributed by atoms with E-state index >= 15 is 0 Å². The molecule has 4 nitrogen and oxygen atoms in total. The Morgan fingerprint density at radius 2 is 1.70 bits per heavy atom. The molecule has 0 bridgehead atoms. The molecular formula is C18H17NO3S. The van der Waals surface area contributed by atoms with Gasteiger partial charge in [-0.1, -0.05) is 42.8 Å². The van der Waals surface area contributed by atoms with Crippen molar-refractivity contribution in [3.05, 3.63) is 65.9 Å². The molecule has 0 atom stereocenters. The molecule has 0 radical (unpaired) electrons. The van der Waals surface area contributed by atoms with Crippen LogP contribution in [0.4, 0.5) is 0 Å². The van der Waals surface area contributed by atoms with Gasteiger partial charge in [0.05, 0.1) is 10.4 Å². The van der Waals surface area contributed by atoms with Crippen molar-refractivity contribution in [3.8, 4) is 0 Å². The quantitative estimate of drug-likeness (QED) is 0.685. The summed E-state index contributed by atoms with van der Waals surface area (Å²) < 4.78 is 27.1. The molecule has 3 rings (SSSR count). The Morgan fingerprint density at radius 3 is 2.35 bits per heavy atom. The number of rotatable bonds is 4. The summed E-state index contributed by atoms with van der Waals surface area (Å²) in [6.45, 7) is 3.67. The third-order valence-electron chi connectivity index (χ3n) is 3.88. The smallest absolute Gasteiger partial charge is 0.268 e. The molecule has 0 fully saturated rings. The molecule has 2 aromatic carbocycles. The Bertz CT molecular complexity index is 983. The molecule has 0 N–H and O–H groups in total. The van der Waals surface area contributed by atoms with Crippen molar-refractivity contribution in [2.75, 3.05) is 0 Å². The van der Waals surface area contributed by atoms with Crippen LogP contribution >= 0.6 is 0 Å². The first-order valence-electron chi connectivity index (χ1n) is 7.40. The zero-order chi connectivity index (χ0) is 16.6. The van der Waals surface area contributed by atoms with Gasteiger partial charge in [0.1, 0.15) is 0 Å². The normalized spacial score (nSPS) is 11.7. The molecule has 0 unspecified atom stereocenters. The summed E-state index contributed by atoms with van der Waals surface area (Å²) in [4.78, 5) is 12.3. The van der Waals surface area contributed by atoms with Crippen molar-refractivity contribution in [2.45, 2.75) is 25.2 Å². The minimum absolute atomic E-state index is 0.0703. The molecule has 1 aromatic heterocycles. The van der Waals surface area contributed by atoms with Crippen LogP contribution < -0.4 is 0 Å². The Morgan fingerprint density at radius 1 is 1.04 bits per heavy atom. The zero-order valence-electron chi connectivity index (χ0n) is 13.0. The number of hydrogen-bond donors (Lipinski definition) is 0. The fraction of sp³-hybridized carbons (Fsp3) is 0.167. The van der Waals surface area contributed by atoms with Crippen LogP contribution in [0.3, 0.4) is 0 Å². The predicted octanol–water partition coefficient (Wildman–Crippen LogP) is 3.78. The first-order chi connectivity index (χ1) is 10.9. The van der Waals surface area contributed by atoms with Crippen LogP contribution in [-0.4, -0.2) is 18.2 Å². The van der Waals surface area contributed by atoms with Gasteiger partial charge in [0.25, 0.3) is 10.0 Å². The van der Waals surface area contributed by atoms with Crippen LogP contribution in [0.5, 0.6) is 0 Å². The van der Waals surface area contributed by atoms with Gasteiger partial charge < -0.3 is 0 Å². The van der Waals surface area contributed by atoms with Gasteiger partial charge in [-0.2, -0.15) is 0 Å². The summed E-state index contributed by atoms with van der Waals surface area (Å²) in [5.41, 5.74) is 1.95. The lowest BCUT2D eigenvalue weighted by atomic mass is 10.1. The van der Waals surface area contributed by atoms with Gasteiger partial charge in [-0.3, -0.25) is 4.79 Å². The fourth-order valence-corrected chi connectivity index (χ4v) is 3.95. The number of para-hydroxylation sites is 1. The van der Waals surface area contributed by atoms with Crippen LogP contribution in [0.15, 0.2) is 59.6 Å². The number of aryl methyl sites for hydroxylation is 1. The molecule has 0 aliphatic rings. The number of Topliss-reactive ketones (excluding diaryl/α,β-unsaturated/α-hetero) is 1. The Kier molecular flexibility index (Phi) is 3.82. The monoisotopic (exact) mass is 327 g/mol. The highest BCUT2D eigenvalue weighted by atomic mass is 32.2. The summed E-state index contributed by atoms with van der Waals surface area (Å²) in [6.07, 6.45) is 1.77. The highest BCUT2D eigenvalue weighted by molar-refractivity contribution is 7.90. The van der Waals surface area contributed by atoms with Crippen molar-refractivity contribution in [1.82, 2.24) is 3.97 Å². The van der Waals surface area contributed by atoms with E-state index in [0.29, 0.717) is 22.9 Å². The van der Waals surface area contributed by atoms with Crippen molar-refractivity contribution >= 4 is 26.7 Å². The maximum absolute atomic E-state index is 12.9. The van der Waals surface area contributed by atoms with Gasteiger partial charge in [0.15, 0.2) is 5.78 Å². The first-order valence-corrected chi connectivity index (χ1v) is 8.84. The van der Waals surface area contributed by atoms with Gasteiger partial charge >= 0.3 is 0 Å². The second-order valence-electron chi connectivity index (χ2n) is 5.45. The number of carbonyl (C=O) groups excluding carboxylic acids is 1. The zero-order valence-corrected chi connectivity index (χ0v) is 13.8. The van der Waals surface area contributed by atoms with E-state index in [2.05, 4.69) is 0 Å². The molecule has 0 amide bonds. The van der Waals surface area contributed by atoms with Crippen LogP contribution in [0.1, 0.15) is 29.3 Å². The van der Waals surface area contributed by atoms with E-state index in [1.165, 1.54) is 10.2 Å². The topological polar surface area (TPSA) is 56.1 Å². The molecule has 0 spiro atoms. The van der Waals surface area contributed by atoms with Crippen molar-refractivity contribution in [2.24, 2.45) is 0 Å². The molecule has 3 aromatic rings. The molecule has 0 saturated heterocycles. The molecule has 0 saturated carbocycles. The second kappa shape index (κ2) is 5.66. The van der Waals surface area contributed by atoms with Gasteiger partial charge in [-0.05, 0) is 25.1 Å². The maximum atomic E-state index is 12.9. The highest BCUT2D eigenvalue weighted by Crippen LogP contribution is 2.27. The van der Waals surface area contributed by atoms with Crippen LogP contribution in [0.25, 0.3) is 10.9 Å². The van der Waals surface area contributed by atoms with Crippen LogP contribution in [-0.2, 0) is 10.0 Å². The van der Waals surface area contributed by atoms with Crippen molar-refractivity contribution in [1.29, 1.82) is 0 Å². The van der Waals surface area contributed by atoms with Gasteiger partial charge in [-0.15, -0.1) is 0 Å². The number of carbonyl (C=O) groups is 1. The molecule has 1 heterocycles. The lowest BCUT2D eigenvalue weighted by Crippen LogP contribution is -2.12. The fourth-order valence-electron chi connectivity index (χ4n) is 2.59. The molecule has 23 heavy (non-hydrogen) atoms. The number of ketones is 1. The van der Waals surface area contributed by atoms with E-state index in [1.54, 1.807) is 55.5 Å². The molecule has 0 aliphatic carbocycles.